The van der Waals surface area contributed by atoms with Crippen molar-refractivity contribution in [2.75, 3.05) is 39.6 Å². The summed E-state index contributed by atoms with van der Waals surface area (Å²) in [5.74, 6) is 2.53. The van der Waals surface area contributed by atoms with Crippen LogP contribution in [0.15, 0.2) is 42.5 Å². The molecule has 0 aromatic heterocycles. The van der Waals surface area contributed by atoms with Crippen molar-refractivity contribution in [1.29, 1.82) is 0 Å². The number of piperazine rings is 1. The van der Waals surface area contributed by atoms with Crippen LogP contribution in [0, 0.1) is 5.92 Å². The Labute approximate surface area is 181 Å². The molecule has 5 rings (SSSR count). The van der Waals surface area contributed by atoms with Gasteiger partial charge in [-0.1, -0.05) is 18.2 Å². The van der Waals surface area contributed by atoms with Crippen LogP contribution in [-0.2, 0) is 4.79 Å². The largest absolute Gasteiger partial charge is 0.493 e. The van der Waals surface area contributed by atoms with Crippen LogP contribution in [0.4, 0.5) is 0 Å². The average molecular weight is 422 g/mol. The maximum Gasteiger partial charge on any atom is 0.257 e. The fraction of sp³-hybridized carbons (Fsp3) is 0.417. The van der Waals surface area contributed by atoms with E-state index in [4.69, 9.17) is 14.2 Å². The SMILES string of the molecule is CCOc1ccccc1C(=O)N1CCN(C(=O)[C@@H]2CC2c2ccc3c(c2)OCO3)CC1. The number of benzene rings is 2. The Morgan fingerprint density at radius 1 is 1.00 bits per heavy atom. The highest BCUT2D eigenvalue weighted by Gasteiger charge is 2.46. The summed E-state index contributed by atoms with van der Waals surface area (Å²) in [5, 5.41) is 0. The second kappa shape index (κ2) is 8.13. The molecule has 2 fully saturated rings. The smallest absolute Gasteiger partial charge is 0.257 e. The molecule has 3 aliphatic rings. The maximum atomic E-state index is 13.0. The van der Waals surface area contributed by atoms with E-state index in [1.807, 2.05) is 53.1 Å². The van der Waals surface area contributed by atoms with E-state index in [1.165, 1.54) is 0 Å². The number of hydrogen-bond acceptors (Lipinski definition) is 5. The number of para-hydroxylation sites is 1. The van der Waals surface area contributed by atoms with E-state index in [-0.39, 0.29) is 30.4 Å². The summed E-state index contributed by atoms with van der Waals surface area (Å²) in [6.07, 6.45) is 0.860. The molecule has 1 saturated carbocycles. The molecule has 7 nitrogen and oxygen atoms in total. The molecular formula is C24H26N2O5. The Bertz CT molecular complexity index is 999. The molecule has 2 heterocycles. The fourth-order valence-electron chi connectivity index (χ4n) is 4.44. The van der Waals surface area contributed by atoms with Gasteiger partial charge >= 0.3 is 0 Å². The highest BCUT2D eigenvalue weighted by atomic mass is 16.7. The summed E-state index contributed by atoms with van der Waals surface area (Å²) in [7, 11) is 0. The first kappa shape index (κ1) is 19.7. The van der Waals surface area contributed by atoms with Crippen LogP contribution in [0.3, 0.4) is 0 Å². The number of ether oxygens (including phenoxy) is 3. The normalized spacial score (nSPS) is 21.7. The summed E-state index contributed by atoms with van der Waals surface area (Å²) in [6.45, 7) is 4.86. The molecule has 1 unspecified atom stereocenters. The number of carbonyl (C=O) groups is 2. The molecule has 2 atom stereocenters. The van der Waals surface area contributed by atoms with Crippen molar-refractivity contribution in [2.45, 2.75) is 19.3 Å². The Kier molecular flexibility index (Phi) is 5.18. The van der Waals surface area contributed by atoms with Crippen LogP contribution < -0.4 is 14.2 Å². The highest BCUT2D eigenvalue weighted by Crippen LogP contribution is 2.50. The minimum absolute atomic E-state index is 0.0151. The van der Waals surface area contributed by atoms with Gasteiger partial charge < -0.3 is 24.0 Å². The van der Waals surface area contributed by atoms with Crippen molar-refractivity contribution < 1.29 is 23.8 Å². The van der Waals surface area contributed by atoms with E-state index in [2.05, 4.69) is 0 Å². The van der Waals surface area contributed by atoms with E-state index in [9.17, 15) is 9.59 Å². The average Bonchev–Trinajstić information content (AvgIpc) is 3.47. The lowest BCUT2D eigenvalue weighted by Crippen LogP contribution is -2.51. The summed E-state index contributed by atoms with van der Waals surface area (Å²) in [5.41, 5.74) is 1.71. The predicted octanol–water partition coefficient (Wildman–Crippen LogP) is 2.90. The second-order valence-electron chi connectivity index (χ2n) is 8.11. The van der Waals surface area contributed by atoms with Gasteiger partial charge in [0.1, 0.15) is 5.75 Å². The minimum Gasteiger partial charge on any atom is -0.493 e. The van der Waals surface area contributed by atoms with Crippen molar-refractivity contribution in [1.82, 2.24) is 9.80 Å². The first-order valence-corrected chi connectivity index (χ1v) is 10.8. The Balaban J connectivity index is 1.18. The standard InChI is InChI=1S/C24H26N2O5/c1-2-29-20-6-4-3-5-17(20)23(27)25-9-11-26(12-10-25)24(28)19-14-18(19)16-7-8-21-22(13-16)31-15-30-21/h3-8,13,18-19H,2,9-12,14-15H2,1H3/t18?,19-/m1/s1. The summed E-state index contributed by atoms with van der Waals surface area (Å²) in [6, 6.07) is 13.3. The number of hydrogen-bond donors (Lipinski definition) is 0. The number of nitrogens with zero attached hydrogens (tertiary/aromatic N) is 2. The van der Waals surface area contributed by atoms with E-state index < -0.39 is 0 Å². The van der Waals surface area contributed by atoms with E-state index in [0.717, 1.165) is 23.5 Å². The number of fused-ring (bicyclic) bond motifs is 1. The molecule has 2 aliphatic heterocycles. The van der Waals surface area contributed by atoms with Gasteiger partial charge in [0.2, 0.25) is 12.7 Å². The van der Waals surface area contributed by atoms with Crippen molar-refractivity contribution in [3.63, 3.8) is 0 Å². The zero-order valence-electron chi connectivity index (χ0n) is 17.6. The van der Waals surface area contributed by atoms with Crippen LogP contribution in [0.1, 0.15) is 35.2 Å². The molecule has 2 aromatic carbocycles. The zero-order chi connectivity index (χ0) is 21.4. The van der Waals surface area contributed by atoms with Gasteiger partial charge in [-0.3, -0.25) is 9.59 Å². The number of rotatable bonds is 5. The van der Waals surface area contributed by atoms with Crippen LogP contribution in [-0.4, -0.2) is 61.2 Å². The first-order valence-electron chi connectivity index (χ1n) is 10.8. The van der Waals surface area contributed by atoms with E-state index >= 15 is 0 Å². The Hall–Kier alpha value is -3.22. The lowest BCUT2D eigenvalue weighted by atomic mass is 10.1. The van der Waals surface area contributed by atoms with Gasteiger partial charge in [0.15, 0.2) is 11.5 Å². The summed E-state index contributed by atoms with van der Waals surface area (Å²) >= 11 is 0. The quantitative estimate of drug-likeness (QED) is 0.741. The molecule has 0 bridgehead atoms. The number of carbonyl (C=O) groups excluding carboxylic acids is 2. The van der Waals surface area contributed by atoms with Gasteiger partial charge in [-0.15, -0.1) is 0 Å². The van der Waals surface area contributed by atoms with Crippen LogP contribution >= 0.6 is 0 Å². The van der Waals surface area contributed by atoms with Gasteiger partial charge in [0.25, 0.3) is 5.91 Å². The first-order chi connectivity index (χ1) is 15.2. The van der Waals surface area contributed by atoms with Crippen molar-refractivity contribution in [3.05, 3.63) is 53.6 Å². The van der Waals surface area contributed by atoms with Gasteiger partial charge in [-0.2, -0.15) is 0 Å². The molecule has 2 amide bonds. The van der Waals surface area contributed by atoms with Crippen molar-refractivity contribution >= 4 is 11.8 Å². The molecule has 2 aromatic rings. The van der Waals surface area contributed by atoms with Gasteiger partial charge in [-0.05, 0) is 49.1 Å². The highest BCUT2D eigenvalue weighted by molar-refractivity contribution is 5.97. The lowest BCUT2D eigenvalue weighted by molar-refractivity contribution is -0.134. The molecular weight excluding hydrogens is 396 g/mol. The molecule has 1 saturated heterocycles. The lowest BCUT2D eigenvalue weighted by Gasteiger charge is -2.35. The zero-order valence-corrected chi connectivity index (χ0v) is 17.6. The second-order valence-corrected chi connectivity index (χ2v) is 8.11. The Morgan fingerprint density at radius 2 is 1.74 bits per heavy atom. The summed E-state index contributed by atoms with van der Waals surface area (Å²) < 4.78 is 16.4. The Morgan fingerprint density at radius 3 is 2.55 bits per heavy atom. The monoisotopic (exact) mass is 422 g/mol. The molecule has 162 valence electrons. The molecule has 7 heteroatoms. The molecule has 31 heavy (non-hydrogen) atoms. The molecule has 0 spiro atoms. The minimum atomic E-state index is -0.0409. The van der Waals surface area contributed by atoms with Crippen molar-refractivity contribution in [3.8, 4) is 17.2 Å². The van der Waals surface area contributed by atoms with E-state index in [0.29, 0.717) is 44.1 Å². The van der Waals surface area contributed by atoms with E-state index in [1.54, 1.807) is 6.07 Å². The maximum absolute atomic E-state index is 13.0. The summed E-state index contributed by atoms with van der Waals surface area (Å²) in [4.78, 5) is 29.7. The fourth-order valence-corrected chi connectivity index (χ4v) is 4.44. The third kappa shape index (κ3) is 3.80. The van der Waals surface area contributed by atoms with Gasteiger partial charge in [0, 0.05) is 32.1 Å². The molecule has 0 radical (unpaired) electrons. The topological polar surface area (TPSA) is 68.3 Å². The molecule has 0 N–H and O–H groups in total. The van der Waals surface area contributed by atoms with Crippen LogP contribution in [0.5, 0.6) is 17.2 Å². The third-order valence-corrected chi connectivity index (χ3v) is 6.23. The van der Waals surface area contributed by atoms with Gasteiger partial charge in [0.05, 0.1) is 12.2 Å². The predicted molar refractivity (Wildman–Crippen MR) is 114 cm³/mol. The van der Waals surface area contributed by atoms with Crippen molar-refractivity contribution in [2.24, 2.45) is 5.92 Å². The third-order valence-electron chi connectivity index (χ3n) is 6.23. The molecule has 1 aliphatic carbocycles. The van der Waals surface area contributed by atoms with Gasteiger partial charge in [-0.25, -0.2) is 0 Å². The van der Waals surface area contributed by atoms with Crippen LogP contribution in [0.2, 0.25) is 0 Å². The number of amides is 2. The van der Waals surface area contributed by atoms with Crippen LogP contribution in [0.25, 0.3) is 0 Å².